The number of hydrogen-bond acceptors (Lipinski definition) is 6. The van der Waals surface area contributed by atoms with Crippen molar-refractivity contribution in [3.8, 4) is 28.6 Å². The fraction of sp³-hybridized carbons (Fsp3) is 0. The van der Waals surface area contributed by atoms with Gasteiger partial charge in [0, 0.05) is 11.1 Å². The summed E-state index contributed by atoms with van der Waals surface area (Å²) in [6.45, 7) is 0. The molecule has 160 valence electrons. The van der Waals surface area contributed by atoms with Crippen LogP contribution in [0.25, 0.3) is 17.1 Å². The van der Waals surface area contributed by atoms with Crippen LogP contribution in [-0.4, -0.2) is 37.1 Å². The normalized spacial score (nSPS) is 11.1. The Morgan fingerprint density at radius 2 is 1.66 bits per heavy atom. The first-order valence-corrected chi connectivity index (χ1v) is 10.9. The Hall–Kier alpha value is -3.50. The van der Waals surface area contributed by atoms with Gasteiger partial charge in [0.1, 0.15) is 16.0 Å². The van der Waals surface area contributed by atoms with Crippen molar-refractivity contribution in [1.82, 2.24) is 20.2 Å². The smallest absolute Gasteiger partial charge is 0.311 e. The minimum Gasteiger partial charge on any atom is -0.506 e. The van der Waals surface area contributed by atoms with E-state index >= 15 is 0 Å². The van der Waals surface area contributed by atoms with Gasteiger partial charge >= 0.3 is 5.91 Å². The largest absolute Gasteiger partial charge is 0.506 e. The molecule has 3 aromatic carbocycles. The highest BCUT2D eigenvalue weighted by Gasteiger charge is 2.18. The van der Waals surface area contributed by atoms with Gasteiger partial charge in [0.15, 0.2) is 5.82 Å². The van der Waals surface area contributed by atoms with Crippen LogP contribution in [-0.2, 0) is 0 Å². The Morgan fingerprint density at radius 1 is 1.00 bits per heavy atom. The summed E-state index contributed by atoms with van der Waals surface area (Å²) in [5.41, 5.74) is 4.19. The number of para-hydroxylation sites is 1. The van der Waals surface area contributed by atoms with Crippen molar-refractivity contribution in [3.63, 3.8) is 0 Å². The summed E-state index contributed by atoms with van der Waals surface area (Å²) < 4.78 is 2.05. The minimum atomic E-state index is -0.621. The highest BCUT2D eigenvalue weighted by atomic mass is 79.9. The minimum absolute atomic E-state index is 0.0675. The van der Waals surface area contributed by atoms with Gasteiger partial charge in [-0.1, -0.05) is 48.5 Å². The van der Waals surface area contributed by atoms with E-state index in [0.717, 1.165) is 11.3 Å². The molecule has 0 saturated carbocycles. The maximum Gasteiger partial charge on any atom is 0.311 e. The summed E-state index contributed by atoms with van der Waals surface area (Å²) in [5, 5.41) is 28.2. The van der Waals surface area contributed by atoms with Crippen LogP contribution in [0.2, 0.25) is 0 Å². The molecule has 4 rings (SSSR count). The number of phenolic OH excluding ortho intramolecular Hbond substituents is 2. The monoisotopic (exact) mass is 555 g/mol. The molecule has 1 heterocycles. The van der Waals surface area contributed by atoms with E-state index in [-0.39, 0.29) is 27.4 Å². The fourth-order valence-corrected chi connectivity index (χ4v) is 4.01. The number of aromatic hydroxyl groups is 2. The first-order chi connectivity index (χ1) is 15.5. The SMILES string of the molecule is O=C(N/N=C\c1cc(Br)c(O)c(Br)c1O)c1nc(-c2ccccc2)n(-c2ccccc2)n1. The average molecular weight is 557 g/mol. The summed E-state index contributed by atoms with van der Waals surface area (Å²) in [6, 6.07) is 20.2. The van der Waals surface area contributed by atoms with Crippen molar-refractivity contribution in [3.05, 3.63) is 87.1 Å². The number of nitrogens with one attached hydrogen (secondary N) is 1. The van der Waals surface area contributed by atoms with Gasteiger partial charge in [0.2, 0.25) is 5.82 Å². The summed E-state index contributed by atoms with van der Waals surface area (Å²) >= 11 is 6.27. The molecular weight excluding hydrogens is 542 g/mol. The molecule has 8 nitrogen and oxygen atoms in total. The summed E-state index contributed by atoms with van der Waals surface area (Å²) in [4.78, 5) is 17.1. The van der Waals surface area contributed by atoms with E-state index in [2.05, 4.69) is 52.5 Å². The van der Waals surface area contributed by atoms with E-state index in [1.165, 1.54) is 12.3 Å². The highest BCUT2D eigenvalue weighted by molar-refractivity contribution is 9.11. The number of halogens is 2. The van der Waals surface area contributed by atoms with Crippen molar-refractivity contribution in [2.24, 2.45) is 5.10 Å². The Labute approximate surface area is 199 Å². The van der Waals surface area contributed by atoms with Crippen LogP contribution < -0.4 is 5.43 Å². The fourth-order valence-electron chi connectivity index (χ4n) is 2.86. The number of aromatic nitrogens is 3. The molecule has 1 aromatic heterocycles. The molecule has 0 radical (unpaired) electrons. The second-order valence-electron chi connectivity index (χ2n) is 6.53. The van der Waals surface area contributed by atoms with Gasteiger partial charge in [0.25, 0.3) is 0 Å². The van der Waals surface area contributed by atoms with Crippen LogP contribution in [0, 0.1) is 0 Å². The van der Waals surface area contributed by atoms with Crippen LogP contribution in [0.15, 0.2) is 80.8 Å². The third-order valence-electron chi connectivity index (χ3n) is 4.41. The third-order valence-corrected chi connectivity index (χ3v) is 5.77. The first kappa shape index (κ1) is 21.7. The molecule has 0 aliphatic rings. The number of hydrogen-bond donors (Lipinski definition) is 3. The molecular formula is C22H15Br2N5O3. The lowest BCUT2D eigenvalue weighted by atomic mass is 10.2. The molecule has 0 aliphatic heterocycles. The lowest BCUT2D eigenvalue weighted by Crippen LogP contribution is -2.19. The van der Waals surface area contributed by atoms with Crippen LogP contribution in [0.4, 0.5) is 0 Å². The number of carbonyl (C=O) groups excluding carboxylic acids is 1. The molecule has 4 aromatic rings. The van der Waals surface area contributed by atoms with Gasteiger partial charge in [-0.05, 0) is 50.1 Å². The molecule has 0 spiro atoms. The van der Waals surface area contributed by atoms with Crippen molar-refractivity contribution >= 4 is 44.0 Å². The average Bonchev–Trinajstić information content (AvgIpc) is 3.28. The lowest BCUT2D eigenvalue weighted by molar-refractivity contribution is 0.0945. The number of rotatable bonds is 5. The molecule has 3 N–H and O–H groups in total. The second kappa shape index (κ2) is 9.33. The standard InChI is InChI=1S/C22H15Br2N5O3/c23-16-11-14(18(30)17(24)19(16)31)12-25-27-22(32)20-26-21(13-7-3-1-4-8-13)29(28-20)15-9-5-2-6-10-15/h1-12,30-31H,(H,27,32)/b25-12-. The zero-order chi connectivity index (χ0) is 22.7. The van der Waals surface area contributed by atoms with Crippen LogP contribution in [0.3, 0.4) is 0 Å². The number of amides is 1. The van der Waals surface area contributed by atoms with Crippen LogP contribution in [0.5, 0.6) is 11.5 Å². The van der Waals surface area contributed by atoms with Crippen molar-refractivity contribution < 1.29 is 15.0 Å². The predicted octanol–water partition coefficient (Wildman–Crippen LogP) is 4.63. The number of phenols is 2. The van der Waals surface area contributed by atoms with Gasteiger partial charge in [-0.3, -0.25) is 4.79 Å². The number of benzene rings is 3. The summed E-state index contributed by atoms with van der Waals surface area (Å²) in [7, 11) is 0. The van der Waals surface area contributed by atoms with Gasteiger partial charge in [-0.25, -0.2) is 15.1 Å². The molecule has 0 saturated heterocycles. The second-order valence-corrected chi connectivity index (χ2v) is 8.18. The molecule has 0 fully saturated rings. The zero-order valence-corrected chi connectivity index (χ0v) is 19.4. The van der Waals surface area contributed by atoms with Crippen molar-refractivity contribution in [2.75, 3.05) is 0 Å². The van der Waals surface area contributed by atoms with Crippen LogP contribution >= 0.6 is 31.9 Å². The zero-order valence-electron chi connectivity index (χ0n) is 16.3. The van der Waals surface area contributed by atoms with Crippen molar-refractivity contribution in [1.29, 1.82) is 0 Å². The number of nitrogens with zero attached hydrogens (tertiary/aromatic N) is 4. The predicted molar refractivity (Wildman–Crippen MR) is 127 cm³/mol. The van der Waals surface area contributed by atoms with Gasteiger partial charge < -0.3 is 10.2 Å². The molecule has 1 amide bonds. The molecule has 0 atom stereocenters. The Bertz CT molecular complexity index is 1250. The Balaban J connectivity index is 1.62. The summed E-state index contributed by atoms with van der Waals surface area (Å²) in [5.74, 6) is -0.545. The number of carbonyl (C=O) groups is 1. The summed E-state index contributed by atoms with van der Waals surface area (Å²) in [6.07, 6.45) is 1.24. The Kier molecular flexibility index (Phi) is 6.33. The van der Waals surface area contributed by atoms with E-state index in [0.29, 0.717) is 10.3 Å². The maximum absolute atomic E-state index is 12.7. The Morgan fingerprint density at radius 3 is 2.34 bits per heavy atom. The third kappa shape index (κ3) is 4.41. The quantitative estimate of drug-likeness (QED) is 0.245. The highest BCUT2D eigenvalue weighted by Crippen LogP contribution is 2.40. The van der Waals surface area contributed by atoms with Gasteiger partial charge in [-0.2, -0.15) is 5.10 Å². The topological polar surface area (TPSA) is 113 Å². The van der Waals surface area contributed by atoms with Gasteiger partial charge in [-0.15, -0.1) is 5.10 Å². The van der Waals surface area contributed by atoms with Gasteiger partial charge in [0.05, 0.1) is 16.4 Å². The molecule has 10 heteroatoms. The first-order valence-electron chi connectivity index (χ1n) is 9.27. The number of hydrazone groups is 1. The van der Waals surface area contributed by atoms with E-state index in [1.807, 2.05) is 60.7 Å². The molecule has 0 unspecified atom stereocenters. The molecule has 0 aliphatic carbocycles. The molecule has 0 bridgehead atoms. The van der Waals surface area contributed by atoms with E-state index in [4.69, 9.17) is 0 Å². The van der Waals surface area contributed by atoms with Crippen LogP contribution in [0.1, 0.15) is 16.2 Å². The maximum atomic E-state index is 12.7. The molecule has 32 heavy (non-hydrogen) atoms. The van der Waals surface area contributed by atoms with Crippen molar-refractivity contribution in [2.45, 2.75) is 0 Å². The van der Waals surface area contributed by atoms with E-state index in [9.17, 15) is 15.0 Å². The lowest BCUT2D eigenvalue weighted by Gasteiger charge is -2.06. The van der Waals surface area contributed by atoms with E-state index < -0.39 is 5.91 Å². The van der Waals surface area contributed by atoms with E-state index in [1.54, 1.807) is 4.68 Å².